The van der Waals surface area contributed by atoms with Crippen LogP contribution in [0.1, 0.15) is 12.8 Å². The third-order valence-electron chi connectivity index (χ3n) is 5.00. The molecule has 0 aliphatic carbocycles. The van der Waals surface area contributed by atoms with E-state index in [1.807, 2.05) is 23.1 Å². The van der Waals surface area contributed by atoms with E-state index in [-0.39, 0.29) is 12.5 Å². The number of amides is 1. The second-order valence-electron chi connectivity index (χ2n) is 7.12. The number of anilines is 2. The number of benzene rings is 2. The number of para-hydroxylation sites is 1. The first-order valence-corrected chi connectivity index (χ1v) is 11.9. The quantitative estimate of drug-likeness (QED) is 0.669. The van der Waals surface area contributed by atoms with Crippen LogP contribution in [0, 0.1) is 0 Å². The second-order valence-corrected chi connectivity index (χ2v) is 9.47. The fraction of sp³-hybridized carbons (Fsp3) is 0.381. The predicted octanol–water partition coefficient (Wildman–Crippen LogP) is 3.24. The summed E-state index contributed by atoms with van der Waals surface area (Å²) in [5, 5.41) is 0.475. The summed E-state index contributed by atoms with van der Waals surface area (Å²) in [6.45, 7) is 3.20. The summed E-state index contributed by atoms with van der Waals surface area (Å²) in [6, 6.07) is 16.9. The second kappa shape index (κ2) is 9.50. The number of hydrogen-bond acceptors (Lipinski definition) is 4. The number of rotatable bonds is 7. The molecule has 2 aromatic carbocycles. The minimum atomic E-state index is -3.45. The molecule has 0 N–H and O–H groups in total. The van der Waals surface area contributed by atoms with Gasteiger partial charge in [-0.25, -0.2) is 8.42 Å². The van der Waals surface area contributed by atoms with E-state index >= 15 is 0 Å². The van der Waals surface area contributed by atoms with Gasteiger partial charge in [-0.05, 0) is 36.8 Å². The molecule has 1 heterocycles. The largest absolute Gasteiger partial charge is 0.368 e. The van der Waals surface area contributed by atoms with Crippen LogP contribution in [0.3, 0.4) is 0 Å². The number of carbonyl (C=O) groups excluding carboxylic acids is 1. The molecule has 0 saturated carbocycles. The van der Waals surface area contributed by atoms with Gasteiger partial charge in [-0.1, -0.05) is 35.9 Å². The van der Waals surface area contributed by atoms with Gasteiger partial charge in [0, 0.05) is 49.9 Å². The average Bonchev–Trinajstić information content (AvgIpc) is 2.71. The molecular weight excluding hydrogens is 410 g/mol. The first-order valence-electron chi connectivity index (χ1n) is 9.65. The molecule has 2 aromatic rings. The lowest BCUT2D eigenvalue weighted by Gasteiger charge is -2.36. The van der Waals surface area contributed by atoms with Gasteiger partial charge in [0.25, 0.3) is 0 Å². The van der Waals surface area contributed by atoms with Crippen molar-refractivity contribution in [3.05, 3.63) is 59.6 Å². The minimum Gasteiger partial charge on any atom is -0.368 e. The summed E-state index contributed by atoms with van der Waals surface area (Å²) in [6.07, 6.45) is 1.94. The van der Waals surface area contributed by atoms with Crippen molar-refractivity contribution in [3.63, 3.8) is 0 Å². The molecule has 1 aliphatic heterocycles. The normalized spacial score (nSPS) is 14.7. The van der Waals surface area contributed by atoms with Gasteiger partial charge in [0.15, 0.2) is 0 Å². The van der Waals surface area contributed by atoms with Crippen molar-refractivity contribution in [1.82, 2.24) is 4.90 Å². The van der Waals surface area contributed by atoms with E-state index in [2.05, 4.69) is 17.0 Å². The lowest BCUT2D eigenvalue weighted by atomic mass is 10.2. The Bertz CT molecular complexity index is 929. The average molecular weight is 436 g/mol. The van der Waals surface area contributed by atoms with Crippen LogP contribution in [0.2, 0.25) is 5.02 Å². The molecule has 3 rings (SSSR count). The van der Waals surface area contributed by atoms with Gasteiger partial charge in [0.1, 0.15) is 0 Å². The Labute approximate surface area is 177 Å². The highest BCUT2D eigenvalue weighted by Gasteiger charge is 2.22. The lowest BCUT2D eigenvalue weighted by molar-refractivity contribution is -0.131. The molecule has 1 amide bonds. The van der Waals surface area contributed by atoms with Gasteiger partial charge in [-0.3, -0.25) is 9.10 Å². The number of hydrogen-bond donors (Lipinski definition) is 0. The predicted molar refractivity (Wildman–Crippen MR) is 118 cm³/mol. The van der Waals surface area contributed by atoms with E-state index in [9.17, 15) is 13.2 Å². The molecule has 156 valence electrons. The maximum atomic E-state index is 12.6. The topological polar surface area (TPSA) is 60.9 Å². The number of carbonyl (C=O) groups is 1. The summed E-state index contributed by atoms with van der Waals surface area (Å²) in [5.74, 6) is 0.0669. The first-order chi connectivity index (χ1) is 13.8. The number of nitrogens with zero attached hydrogens (tertiary/aromatic N) is 3. The molecule has 1 aliphatic rings. The Morgan fingerprint density at radius 2 is 1.72 bits per heavy atom. The van der Waals surface area contributed by atoms with Crippen molar-refractivity contribution in [2.75, 3.05) is 48.2 Å². The maximum absolute atomic E-state index is 12.6. The summed E-state index contributed by atoms with van der Waals surface area (Å²) < 4.78 is 25.7. The molecule has 0 bridgehead atoms. The molecule has 1 fully saturated rings. The molecule has 0 aromatic heterocycles. The number of piperazine rings is 1. The van der Waals surface area contributed by atoms with E-state index in [0.717, 1.165) is 13.1 Å². The third-order valence-corrected chi connectivity index (χ3v) is 6.43. The Morgan fingerprint density at radius 3 is 2.34 bits per heavy atom. The van der Waals surface area contributed by atoms with Gasteiger partial charge >= 0.3 is 0 Å². The van der Waals surface area contributed by atoms with E-state index in [4.69, 9.17) is 11.6 Å². The SMILES string of the molecule is CS(=O)(=O)N(CCCC(=O)N1CCN(c2ccccc2)CC1)c1cccc(Cl)c1. The van der Waals surface area contributed by atoms with Gasteiger partial charge < -0.3 is 9.80 Å². The highest BCUT2D eigenvalue weighted by atomic mass is 35.5. The highest BCUT2D eigenvalue weighted by Crippen LogP contribution is 2.22. The molecular formula is C21H26ClN3O3S. The van der Waals surface area contributed by atoms with Crippen molar-refractivity contribution < 1.29 is 13.2 Å². The van der Waals surface area contributed by atoms with E-state index < -0.39 is 10.0 Å². The van der Waals surface area contributed by atoms with Crippen LogP contribution < -0.4 is 9.21 Å². The zero-order chi connectivity index (χ0) is 20.9. The lowest BCUT2D eigenvalue weighted by Crippen LogP contribution is -2.48. The summed E-state index contributed by atoms with van der Waals surface area (Å²) in [4.78, 5) is 16.7. The van der Waals surface area contributed by atoms with Gasteiger partial charge in [-0.2, -0.15) is 0 Å². The summed E-state index contributed by atoms with van der Waals surface area (Å²) in [5.41, 5.74) is 1.69. The van der Waals surface area contributed by atoms with Crippen molar-refractivity contribution in [2.24, 2.45) is 0 Å². The van der Waals surface area contributed by atoms with Crippen molar-refractivity contribution in [3.8, 4) is 0 Å². The Balaban J connectivity index is 1.51. The molecule has 1 saturated heterocycles. The molecule has 0 spiro atoms. The Morgan fingerprint density at radius 1 is 1.03 bits per heavy atom. The number of sulfonamides is 1. The van der Waals surface area contributed by atoms with Gasteiger partial charge in [0.05, 0.1) is 11.9 Å². The summed E-state index contributed by atoms with van der Waals surface area (Å²) in [7, 11) is -3.45. The molecule has 8 heteroatoms. The molecule has 29 heavy (non-hydrogen) atoms. The zero-order valence-corrected chi connectivity index (χ0v) is 18.1. The summed E-state index contributed by atoms with van der Waals surface area (Å²) >= 11 is 5.99. The van der Waals surface area contributed by atoms with Crippen LogP contribution >= 0.6 is 11.6 Å². The van der Waals surface area contributed by atoms with Crippen LogP contribution in [0.5, 0.6) is 0 Å². The van der Waals surface area contributed by atoms with E-state index in [1.165, 1.54) is 16.2 Å². The van der Waals surface area contributed by atoms with Crippen molar-refractivity contribution in [1.29, 1.82) is 0 Å². The fourth-order valence-corrected chi connectivity index (χ4v) is 4.64. The van der Waals surface area contributed by atoms with Crippen molar-refractivity contribution in [2.45, 2.75) is 12.8 Å². The monoisotopic (exact) mass is 435 g/mol. The number of halogens is 1. The van der Waals surface area contributed by atoms with Crippen LogP contribution in [-0.4, -0.2) is 58.2 Å². The zero-order valence-electron chi connectivity index (χ0n) is 16.5. The van der Waals surface area contributed by atoms with Crippen LogP contribution in [0.4, 0.5) is 11.4 Å². The third kappa shape index (κ3) is 5.87. The van der Waals surface area contributed by atoms with Crippen molar-refractivity contribution >= 4 is 38.9 Å². The first kappa shape index (κ1) is 21.5. The van der Waals surface area contributed by atoms with E-state index in [0.29, 0.717) is 36.6 Å². The molecule has 0 atom stereocenters. The fourth-order valence-electron chi connectivity index (χ4n) is 3.50. The molecule has 0 radical (unpaired) electrons. The van der Waals surface area contributed by atoms with Crippen LogP contribution in [0.15, 0.2) is 54.6 Å². The van der Waals surface area contributed by atoms with Gasteiger partial charge in [0.2, 0.25) is 15.9 Å². The molecule has 0 unspecified atom stereocenters. The standard InChI is InChI=1S/C21H26ClN3O3S/c1-29(27,28)25(20-10-5-7-18(22)17-20)12-6-11-21(26)24-15-13-23(14-16-24)19-8-3-2-4-9-19/h2-5,7-10,17H,6,11-16H2,1H3. The Hall–Kier alpha value is -2.25. The molecule has 6 nitrogen and oxygen atoms in total. The maximum Gasteiger partial charge on any atom is 0.232 e. The Kier molecular flexibility index (Phi) is 7.03. The smallest absolute Gasteiger partial charge is 0.232 e. The van der Waals surface area contributed by atoms with Crippen LogP contribution in [0.25, 0.3) is 0 Å². The van der Waals surface area contributed by atoms with Crippen LogP contribution in [-0.2, 0) is 14.8 Å². The highest BCUT2D eigenvalue weighted by molar-refractivity contribution is 7.92. The minimum absolute atomic E-state index is 0.0669. The van der Waals surface area contributed by atoms with Gasteiger partial charge in [-0.15, -0.1) is 0 Å². The van der Waals surface area contributed by atoms with E-state index in [1.54, 1.807) is 24.3 Å².